The van der Waals surface area contributed by atoms with E-state index in [1.165, 1.54) is 18.3 Å². The first-order valence-electron chi connectivity index (χ1n) is 10.5. The number of nitrogen functional groups attached to an aromatic ring is 1. The molecule has 1 aliphatic rings. The molecule has 10 heteroatoms. The van der Waals surface area contributed by atoms with Crippen LogP contribution in [0, 0.1) is 5.82 Å². The van der Waals surface area contributed by atoms with Crippen molar-refractivity contribution in [1.29, 1.82) is 0 Å². The fraction of sp³-hybridized carbons (Fsp3) is 0.333. The summed E-state index contributed by atoms with van der Waals surface area (Å²) in [6, 6.07) is 3.60. The number of anilines is 1. The van der Waals surface area contributed by atoms with E-state index in [-0.39, 0.29) is 34.6 Å². The molecule has 31 heavy (non-hydrogen) atoms. The van der Waals surface area contributed by atoms with E-state index in [0.29, 0.717) is 17.7 Å². The normalized spacial score (nSPS) is 21.1. The third-order valence-electron chi connectivity index (χ3n) is 5.05. The van der Waals surface area contributed by atoms with Gasteiger partial charge in [-0.1, -0.05) is 23.2 Å². The minimum absolute atomic E-state index is 0.0785. The van der Waals surface area contributed by atoms with E-state index >= 15 is 4.39 Å². The van der Waals surface area contributed by atoms with Crippen LogP contribution < -0.4 is 15.8 Å². The third kappa shape index (κ3) is 4.46. The van der Waals surface area contributed by atoms with Crippen molar-refractivity contribution in [2.24, 2.45) is 0 Å². The van der Waals surface area contributed by atoms with Crippen LogP contribution in [0.2, 0.25) is 10.0 Å². The molecule has 1 unspecified atom stereocenters. The Morgan fingerprint density at radius 3 is 2.90 bits per heavy atom. The fourth-order valence-corrected chi connectivity index (χ4v) is 4.13. The van der Waals surface area contributed by atoms with Gasteiger partial charge in [0.1, 0.15) is 5.82 Å². The van der Waals surface area contributed by atoms with E-state index in [4.69, 9.17) is 36.4 Å². The van der Waals surface area contributed by atoms with Crippen LogP contribution in [0.1, 0.15) is 34.1 Å². The zero-order valence-electron chi connectivity index (χ0n) is 18.5. The van der Waals surface area contributed by atoms with Gasteiger partial charge in [0.25, 0.3) is 5.85 Å². The van der Waals surface area contributed by atoms with Gasteiger partial charge in [-0.2, -0.15) is 9.49 Å². The van der Waals surface area contributed by atoms with E-state index in [0.717, 1.165) is 19.4 Å². The van der Waals surface area contributed by atoms with Crippen molar-refractivity contribution in [3.05, 3.63) is 58.2 Å². The van der Waals surface area contributed by atoms with Gasteiger partial charge in [0.2, 0.25) is 0 Å². The molecule has 0 amide bonds. The number of rotatable bonds is 5. The van der Waals surface area contributed by atoms with Crippen LogP contribution >= 0.6 is 23.2 Å². The first-order valence-corrected chi connectivity index (χ1v) is 10.3. The number of nitrogens with one attached hydrogen (secondary N) is 1. The smallest absolute Gasteiger partial charge is 0.274 e. The molecule has 164 valence electrons. The minimum atomic E-state index is -2.60. The maximum absolute atomic E-state index is 15.5. The number of pyridine rings is 1. The summed E-state index contributed by atoms with van der Waals surface area (Å²) in [5, 5.41) is 6.60. The van der Waals surface area contributed by atoms with Crippen LogP contribution in [0.3, 0.4) is 0 Å². The molecule has 0 aliphatic carbocycles. The molecule has 3 aromatic rings. The van der Waals surface area contributed by atoms with Crippen molar-refractivity contribution in [3.8, 4) is 16.9 Å². The standard InChI is InChI=1S/C21H21Cl2F2N5O/c1-21(25,18-15(22)2-3-16(24)19(18)23)31-17-8-12(9-28-20(17)26)13-10-29-30(11-13)14-4-6-27-7-5-14/h2-3,8-11,14,27H,4-7H2,1H3,(H2,26,28)/t21-/m0/s1/i6D2/t14?,21-. The van der Waals surface area contributed by atoms with Gasteiger partial charge in [-0.15, -0.1) is 0 Å². The molecular weight excluding hydrogens is 447 g/mol. The second kappa shape index (κ2) is 8.61. The van der Waals surface area contributed by atoms with Crippen LogP contribution in [0.5, 0.6) is 5.75 Å². The number of piperidine rings is 1. The van der Waals surface area contributed by atoms with Crippen LogP contribution in [-0.2, 0) is 5.85 Å². The highest BCUT2D eigenvalue weighted by Gasteiger charge is 2.35. The summed E-state index contributed by atoms with van der Waals surface area (Å²) < 4.78 is 52.5. The lowest BCUT2D eigenvalue weighted by atomic mass is 10.1. The van der Waals surface area contributed by atoms with Crippen molar-refractivity contribution in [2.45, 2.75) is 31.7 Å². The number of hydrogen-bond acceptors (Lipinski definition) is 5. The molecule has 3 heterocycles. The maximum Gasteiger partial charge on any atom is 0.274 e. The Balaban J connectivity index is 1.62. The molecule has 1 aliphatic heterocycles. The monoisotopic (exact) mass is 469 g/mol. The highest BCUT2D eigenvalue weighted by atomic mass is 35.5. The molecule has 1 fully saturated rings. The summed E-state index contributed by atoms with van der Waals surface area (Å²) in [6.07, 6.45) is 5.85. The number of nitrogens with zero attached hydrogens (tertiary/aromatic N) is 3. The van der Waals surface area contributed by atoms with E-state index in [2.05, 4.69) is 15.4 Å². The Hall–Kier alpha value is -2.42. The highest BCUT2D eigenvalue weighted by molar-refractivity contribution is 6.36. The van der Waals surface area contributed by atoms with Gasteiger partial charge in [-0.05, 0) is 44.1 Å². The maximum atomic E-state index is 15.5. The van der Waals surface area contributed by atoms with E-state index < -0.39 is 23.2 Å². The van der Waals surface area contributed by atoms with Crippen molar-refractivity contribution in [3.63, 3.8) is 0 Å². The van der Waals surface area contributed by atoms with E-state index in [9.17, 15) is 4.39 Å². The van der Waals surface area contributed by atoms with Gasteiger partial charge in [-0.3, -0.25) is 4.68 Å². The Kier molecular flexibility index (Phi) is 5.35. The summed E-state index contributed by atoms with van der Waals surface area (Å²) in [5.74, 6) is -3.60. The highest BCUT2D eigenvalue weighted by Crippen LogP contribution is 2.41. The molecule has 3 N–H and O–H groups in total. The quantitative estimate of drug-likeness (QED) is 0.507. The summed E-state index contributed by atoms with van der Waals surface area (Å²) in [5.41, 5.74) is 6.75. The molecule has 2 atom stereocenters. The van der Waals surface area contributed by atoms with Crippen molar-refractivity contribution in [1.82, 2.24) is 20.1 Å². The van der Waals surface area contributed by atoms with Gasteiger partial charge in [0, 0.05) is 33.2 Å². The van der Waals surface area contributed by atoms with Crippen molar-refractivity contribution >= 4 is 29.0 Å². The number of hydrogen-bond donors (Lipinski definition) is 2. The van der Waals surface area contributed by atoms with Gasteiger partial charge >= 0.3 is 0 Å². The first kappa shape index (κ1) is 19.3. The molecule has 1 aromatic carbocycles. The number of nitrogens with two attached hydrogens (primary N) is 1. The third-order valence-corrected chi connectivity index (χ3v) is 5.73. The van der Waals surface area contributed by atoms with Gasteiger partial charge in [0.05, 0.1) is 27.8 Å². The first-order chi connectivity index (χ1) is 15.5. The lowest BCUT2D eigenvalue weighted by molar-refractivity contribution is -0.0500. The Labute approximate surface area is 191 Å². The number of benzene rings is 1. The molecule has 0 saturated carbocycles. The predicted molar refractivity (Wildman–Crippen MR) is 117 cm³/mol. The predicted octanol–water partition coefficient (Wildman–Crippen LogP) is 5.12. The summed E-state index contributed by atoms with van der Waals surface area (Å²) in [4.78, 5) is 4.08. The van der Waals surface area contributed by atoms with Gasteiger partial charge in [-0.25, -0.2) is 9.37 Å². The second-order valence-corrected chi connectivity index (χ2v) is 8.09. The van der Waals surface area contributed by atoms with Crippen molar-refractivity contribution < 1.29 is 16.3 Å². The summed E-state index contributed by atoms with van der Waals surface area (Å²) in [7, 11) is 0. The van der Waals surface area contributed by atoms with Crippen LogP contribution in [0.15, 0.2) is 36.8 Å². The Morgan fingerprint density at radius 2 is 2.13 bits per heavy atom. The number of ether oxygens (including phenoxy) is 1. The Bertz CT molecular complexity index is 1190. The number of halogens is 4. The summed E-state index contributed by atoms with van der Waals surface area (Å²) >= 11 is 12.0. The van der Waals surface area contributed by atoms with E-state index in [1.807, 2.05) is 0 Å². The van der Waals surface area contributed by atoms with Crippen LogP contribution in [0.4, 0.5) is 14.6 Å². The molecule has 2 aromatic heterocycles. The van der Waals surface area contributed by atoms with Crippen LogP contribution in [-0.4, -0.2) is 27.8 Å². The fourth-order valence-electron chi connectivity index (χ4n) is 3.42. The summed E-state index contributed by atoms with van der Waals surface area (Å²) in [6.45, 7) is 0.118. The second-order valence-electron chi connectivity index (χ2n) is 7.30. The molecule has 0 spiro atoms. The van der Waals surface area contributed by atoms with Gasteiger partial charge in [0.15, 0.2) is 11.6 Å². The number of aromatic nitrogens is 3. The Morgan fingerprint density at radius 1 is 1.32 bits per heavy atom. The minimum Gasteiger partial charge on any atom is -0.450 e. The van der Waals surface area contributed by atoms with E-state index in [1.54, 1.807) is 17.1 Å². The molecule has 1 saturated heterocycles. The zero-order valence-corrected chi connectivity index (χ0v) is 18.0. The van der Waals surface area contributed by atoms with Crippen molar-refractivity contribution in [2.75, 3.05) is 18.8 Å². The molecule has 6 nitrogen and oxygen atoms in total. The molecular formula is C21H21Cl2F2N5O. The lowest BCUT2D eigenvalue weighted by Crippen LogP contribution is -2.29. The lowest BCUT2D eigenvalue weighted by Gasteiger charge is -2.25. The number of alkyl halides is 1. The average molecular weight is 470 g/mol. The SMILES string of the molecule is [2H]C1([2H])CC(n2cc(-c3cnc(N)c(O[C@](C)(F)c4c(Cl)ccc(F)c4Cl)c3)cn2)CCN1. The largest absolute Gasteiger partial charge is 0.450 e. The molecule has 4 rings (SSSR count). The molecule has 0 radical (unpaired) electrons. The van der Waals surface area contributed by atoms with Crippen LogP contribution in [0.25, 0.3) is 11.1 Å². The van der Waals surface area contributed by atoms with Gasteiger partial charge < -0.3 is 15.8 Å². The average Bonchev–Trinajstić information content (AvgIpc) is 3.22. The zero-order chi connectivity index (χ0) is 24.0. The molecule has 0 bridgehead atoms. The topological polar surface area (TPSA) is 78.0 Å².